The number of likely N-dealkylation sites (tertiary alicyclic amines) is 1. The smallest absolute Gasteiger partial charge is 0.410 e. The number of carbonyl (C=O) groups excluding carboxylic acids is 2. The van der Waals surface area contributed by atoms with Gasteiger partial charge in [-0.1, -0.05) is 19.1 Å². The molecule has 0 radical (unpaired) electrons. The number of rotatable bonds is 6. The zero-order valence-corrected chi connectivity index (χ0v) is 14.2. The van der Waals surface area contributed by atoms with Crippen LogP contribution in [0.25, 0.3) is 0 Å². The molecule has 24 heavy (non-hydrogen) atoms. The van der Waals surface area contributed by atoms with E-state index in [0.717, 1.165) is 18.6 Å². The fourth-order valence-electron chi connectivity index (χ4n) is 3.43. The molecule has 0 aliphatic carbocycles. The standard InChI is InChI=1S/C18H24N2O4/c1-3-17(21)19-11-15-16(12-19)24-18(22)20(15)10-4-5-13-6-8-14(23-2)9-7-13/h6-9,15-16H,3-5,10-12H2,1-2H3/t15-,16+/m1/s1. The molecule has 3 rings (SSSR count). The van der Waals surface area contributed by atoms with Crippen molar-refractivity contribution < 1.29 is 19.1 Å². The molecule has 1 aromatic carbocycles. The second kappa shape index (κ2) is 7.11. The first-order valence-corrected chi connectivity index (χ1v) is 8.50. The lowest BCUT2D eigenvalue weighted by Crippen LogP contribution is -2.39. The van der Waals surface area contributed by atoms with Gasteiger partial charge in [0.25, 0.3) is 0 Å². The zero-order valence-electron chi connectivity index (χ0n) is 14.2. The van der Waals surface area contributed by atoms with Crippen LogP contribution in [0.1, 0.15) is 25.3 Å². The van der Waals surface area contributed by atoms with Crippen molar-refractivity contribution in [2.24, 2.45) is 0 Å². The quantitative estimate of drug-likeness (QED) is 0.800. The van der Waals surface area contributed by atoms with Crippen molar-refractivity contribution in [3.05, 3.63) is 29.8 Å². The predicted octanol–water partition coefficient (Wildman–Crippen LogP) is 2.07. The van der Waals surface area contributed by atoms with Gasteiger partial charge in [-0.05, 0) is 30.5 Å². The van der Waals surface area contributed by atoms with Gasteiger partial charge in [-0.3, -0.25) is 9.69 Å². The molecule has 0 N–H and O–H groups in total. The molecule has 6 heteroatoms. The van der Waals surface area contributed by atoms with E-state index in [1.54, 1.807) is 16.9 Å². The fourth-order valence-corrected chi connectivity index (χ4v) is 3.43. The summed E-state index contributed by atoms with van der Waals surface area (Å²) in [7, 11) is 1.65. The predicted molar refractivity (Wildman–Crippen MR) is 88.9 cm³/mol. The van der Waals surface area contributed by atoms with Crippen LogP contribution >= 0.6 is 0 Å². The summed E-state index contributed by atoms with van der Waals surface area (Å²) in [5.41, 5.74) is 1.22. The van der Waals surface area contributed by atoms with Crippen LogP contribution in [-0.4, -0.2) is 60.7 Å². The minimum absolute atomic E-state index is 0.00358. The first-order valence-electron chi connectivity index (χ1n) is 8.50. The Labute approximate surface area is 142 Å². The second-order valence-corrected chi connectivity index (χ2v) is 6.29. The fraction of sp³-hybridized carbons (Fsp3) is 0.556. The van der Waals surface area contributed by atoms with E-state index < -0.39 is 0 Å². The van der Waals surface area contributed by atoms with Crippen LogP contribution in [0.5, 0.6) is 5.75 Å². The summed E-state index contributed by atoms with van der Waals surface area (Å²) >= 11 is 0. The third-order valence-corrected chi connectivity index (χ3v) is 4.80. The summed E-state index contributed by atoms with van der Waals surface area (Å²) < 4.78 is 10.6. The molecular weight excluding hydrogens is 308 g/mol. The lowest BCUT2D eigenvalue weighted by molar-refractivity contribution is -0.130. The van der Waals surface area contributed by atoms with Crippen LogP contribution in [0.3, 0.4) is 0 Å². The van der Waals surface area contributed by atoms with Gasteiger partial charge in [0, 0.05) is 19.5 Å². The van der Waals surface area contributed by atoms with Crippen LogP contribution in [0, 0.1) is 0 Å². The number of nitrogens with zero attached hydrogens (tertiary/aromatic N) is 2. The molecule has 0 saturated carbocycles. The number of hydrogen-bond acceptors (Lipinski definition) is 4. The van der Waals surface area contributed by atoms with E-state index in [4.69, 9.17) is 9.47 Å². The number of benzene rings is 1. The van der Waals surface area contributed by atoms with Gasteiger partial charge in [0.05, 0.1) is 19.7 Å². The van der Waals surface area contributed by atoms with Gasteiger partial charge < -0.3 is 14.4 Å². The summed E-state index contributed by atoms with van der Waals surface area (Å²) in [4.78, 5) is 27.5. The van der Waals surface area contributed by atoms with Gasteiger partial charge in [0.2, 0.25) is 5.91 Å². The van der Waals surface area contributed by atoms with Crippen LogP contribution in [0.2, 0.25) is 0 Å². The highest BCUT2D eigenvalue weighted by Crippen LogP contribution is 2.27. The van der Waals surface area contributed by atoms with E-state index >= 15 is 0 Å². The molecule has 6 nitrogen and oxygen atoms in total. The van der Waals surface area contributed by atoms with Crippen molar-refractivity contribution in [1.82, 2.24) is 9.80 Å². The first kappa shape index (κ1) is 16.6. The third kappa shape index (κ3) is 3.32. The first-order chi connectivity index (χ1) is 11.6. The average Bonchev–Trinajstić information content (AvgIpc) is 3.13. The van der Waals surface area contributed by atoms with Gasteiger partial charge in [0.15, 0.2) is 0 Å². The molecule has 2 atom stereocenters. The number of hydrogen-bond donors (Lipinski definition) is 0. The lowest BCUT2D eigenvalue weighted by atomic mass is 10.1. The molecule has 1 aromatic rings. The molecule has 2 fully saturated rings. The summed E-state index contributed by atoms with van der Waals surface area (Å²) in [6.45, 7) is 3.62. The van der Waals surface area contributed by atoms with Crippen LogP contribution in [-0.2, 0) is 16.0 Å². The minimum atomic E-state index is -0.247. The molecule has 2 aliphatic rings. The van der Waals surface area contributed by atoms with E-state index in [9.17, 15) is 9.59 Å². The molecule has 2 heterocycles. The Morgan fingerprint density at radius 2 is 2.04 bits per heavy atom. The summed E-state index contributed by atoms with van der Waals surface area (Å²) in [5.74, 6) is 0.968. The monoisotopic (exact) mass is 332 g/mol. The molecule has 2 aliphatic heterocycles. The van der Waals surface area contributed by atoms with Gasteiger partial charge >= 0.3 is 6.09 Å². The summed E-state index contributed by atoms with van der Waals surface area (Å²) in [6.07, 6.45) is 1.83. The van der Waals surface area contributed by atoms with Crippen molar-refractivity contribution in [2.75, 3.05) is 26.7 Å². The number of amides is 2. The van der Waals surface area contributed by atoms with Crippen molar-refractivity contribution in [2.45, 2.75) is 38.3 Å². The summed E-state index contributed by atoms with van der Waals surface area (Å²) in [6, 6.07) is 7.98. The third-order valence-electron chi connectivity index (χ3n) is 4.80. The maximum Gasteiger partial charge on any atom is 0.410 e. The number of carbonyl (C=O) groups is 2. The highest BCUT2D eigenvalue weighted by atomic mass is 16.6. The molecular formula is C18H24N2O4. The minimum Gasteiger partial charge on any atom is -0.497 e. The van der Waals surface area contributed by atoms with Gasteiger partial charge in [-0.25, -0.2) is 4.79 Å². The molecule has 2 amide bonds. The van der Waals surface area contributed by atoms with Crippen LogP contribution < -0.4 is 4.74 Å². The zero-order chi connectivity index (χ0) is 17.1. The van der Waals surface area contributed by atoms with Gasteiger partial charge in [-0.2, -0.15) is 0 Å². The Morgan fingerprint density at radius 3 is 2.71 bits per heavy atom. The van der Waals surface area contributed by atoms with Crippen molar-refractivity contribution in [3.8, 4) is 5.75 Å². The average molecular weight is 332 g/mol. The van der Waals surface area contributed by atoms with Crippen molar-refractivity contribution in [1.29, 1.82) is 0 Å². The van der Waals surface area contributed by atoms with Gasteiger partial charge in [0.1, 0.15) is 11.9 Å². The van der Waals surface area contributed by atoms with Crippen molar-refractivity contribution in [3.63, 3.8) is 0 Å². The maximum absolute atomic E-state index is 12.0. The maximum atomic E-state index is 12.0. The molecule has 130 valence electrons. The van der Waals surface area contributed by atoms with Gasteiger partial charge in [-0.15, -0.1) is 0 Å². The number of fused-ring (bicyclic) bond motifs is 1. The number of ether oxygens (including phenoxy) is 2. The topological polar surface area (TPSA) is 59.1 Å². The molecule has 0 unspecified atom stereocenters. The SMILES string of the molecule is CCC(=O)N1C[C@@H]2OC(=O)N(CCCc3ccc(OC)cc3)[C@@H]2C1. The Hall–Kier alpha value is -2.24. The van der Waals surface area contributed by atoms with E-state index in [-0.39, 0.29) is 24.1 Å². The van der Waals surface area contributed by atoms with E-state index in [0.29, 0.717) is 26.1 Å². The molecule has 0 bridgehead atoms. The Bertz CT molecular complexity index is 602. The highest BCUT2D eigenvalue weighted by Gasteiger charge is 2.48. The molecule has 0 aromatic heterocycles. The molecule has 2 saturated heterocycles. The van der Waals surface area contributed by atoms with Crippen LogP contribution in [0.15, 0.2) is 24.3 Å². The largest absolute Gasteiger partial charge is 0.497 e. The lowest BCUT2D eigenvalue weighted by Gasteiger charge is -2.22. The Kier molecular flexibility index (Phi) is 4.92. The normalized spacial score (nSPS) is 22.5. The number of methoxy groups -OCH3 is 1. The van der Waals surface area contributed by atoms with E-state index in [1.165, 1.54) is 5.56 Å². The Balaban J connectivity index is 1.52. The number of aryl methyl sites for hydroxylation is 1. The summed E-state index contributed by atoms with van der Waals surface area (Å²) in [5, 5.41) is 0. The molecule has 0 spiro atoms. The van der Waals surface area contributed by atoms with Crippen molar-refractivity contribution >= 4 is 12.0 Å². The second-order valence-electron chi connectivity index (χ2n) is 6.29. The highest BCUT2D eigenvalue weighted by molar-refractivity contribution is 5.77. The van der Waals surface area contributed by atoms with E-state index in [1.807, 2.05) is 31.2 Å². The van der Waals surface area contributed by atoms with Crippen LogP contribution in [0.4, 0.5) is 4.79 Å². The Morgan fingerprint density at radius 1 is 1.29 bits per heavy atom. The van der Waals surface area contributed by atoms with E-state index in [2.05, 4.69) is 0 Å².